The van der Waals surface area contributed by atoms with Crippen molar-refractivity contribution < 1.29 is 4.79 Å². The van der Waals surface area contributed by atoms with Crippen molar-refractivity contribution in [3.63, 3.8) is 0 Å². The Morgan fingerprint density at radius 1 is 1.00 bits per heavy atom. The molecule has 0 atom stereocenters. The van der Waals surface area contributed by atoms with Crippen LogP contribution < -0.4 is 5.32 Å². The summed E-state index contributed by atoms with van der Waals surface area (Å²) in [5.41, 5.74) is 3.99. The van der Waals surface area contributed by atoms with E-state index in [1.54, 1.807) is 6.20 Å². The highest BCUT2D eigenvalue weighted by atomic mass is 16.1. The minimum atomic E-state index is -0.0486. The summed E-state index contributed by atoms with van der Waals surface area (Å²) >= 11 is 0. The first-order valence-corrected chi connectivity index (χ1v) is 9.51. The predicted molar refractivity (Wildman–Crippen MR) is 103 cm³/mol. The van der Waals surface area contributed by atoms with Crippen LogP contribution in [0.4, 0.5) is 0 Å². The van der Waals surface area contributed by atoms with Crippen LogP contribution in [0.3, 0.4) is 0 Å². The van der Waals surface area contributed by atoms with Crippen molar-refractivity contribution in [2.75, 3.05) is 0 Å². The molecule has 132 valence electrons. The molecule has 2 aromatic rings. The molecule has 1 aliphatic rings. The zero-order valence-corrected chi connectivity index (χ0v) is 15.3. The summed E-state index contributed by atoms with van der Waals surface area (Å²) in [5, 5.41) is 3.18. The molecule has 25 heavy (non-hydrogen) atoms. The standard InChI is InChI=1S/C22H28N2O/c1-16(2)17-9-11-18(12-10-17)19-13-14-23-21(15-19)22(25)24-20-7-5-3-4-6-8-20/h9-16,20H,3-8H2,1-2H3,(H,24,25). The van der Waals surface area contributed by atoms with Gasteiger partial charge in [-0.25, -0.2) is 0 Å². The van der Waals surface area contributed by atoms with Gasteiger partial charge in [0.2, 0.25) is 0 Å². The van der Waals surface area contributed by atoms with Gasteiger partial charge in [-0.3, -0.25) is 9.78 Å². The Balaban J connectivity index is 1.73. The van der Waals surface area contributed by atoms with Crippen LogP contribution in [0.2, 0.25) is 0 Å². The SMILES string of the molecule is CC(C)c1ccc(-c2ccnc(C(=O)NC3CCCCCC3)c2)cc1. The average molecular weight is 336 g/mol. The quantitative estimate of drug-likeness (QED) is 0.767. The Kier molecular flexibility index (Phi) is 5.85. The third kappa shape index (κ3) is 4.68. The molecule has 0 unspecified atom stereocenters. The number of hydrogen-bond donors (Lipinski definition) is 1. The molecule has 3 nitrogen and oxygen atoms in total. The fourth-order valence-corrected chi connectivity index (χ4v) is 3.48. The number of benzene rings is 1. The van der Waals surface area contributed by atoms with Gasteiger partial charge in [0.15, 0.2) is 0 Å². The van der Waals surface area contributed by atoms with Crippen LogP contribution in [-0.2, 0) is 0 Å². The molecule has 1 fully saturated rings. The normalized spacial score (nSPS) is 15.8. The summed E-state index contributed by atoms with van der Waals surface area (Å²) in [5.74, 6) is 0.472. The molecule has 1 aromatic heterocycles. The number of nitrogens with one attached hydrogen (secondary N) is 1. The molecule has 1 saturated carbocycles. The molecule has 1 N–H and O–H groups in total. The molecule has 0 saturated heterocycles. The number of carbonyl (C=O) groups is 1. The fraction of sp³-hybridized carbons (Fsp3) is 0.455. The molecule has 1 heterocycles. The lowest BCUT2D eigenvalue weighted by Crippen LogP contribution is -2.34. The largest absolute Gasteiger partial charge is 0.348 e. The lowest BCUT2D eigenvalue weighted by atomic mass is 9.99. The molecular formula is C22H28N2O. The van der Waals surface area contributed by atoms with Gasteiger partial charge in [0.25, 0.3) is 5.91 Å². The Hall–Kier alpha value is -2.16. The molecule has 0 spiro atoms. The molecule has 3 heteroatoms. The number of pyridine rings is 1. The first-order valence-electron chi connectivity index (χ1n) is 9.51. The van der Waals surface area contributed by atoms with Crippen molar-refractivity contribution in [3.05, 3.63) is 53.9 Å². The van der Waals surface area contributed by atoms with Crippen LogP contribution in [0, 0.1) is 0 Å². The van der Waals surface area contributed by atoms with Crippen LogP contribution >= 0.6 is 0 Å². The van der Waals surface area contributed by atoms with Crippen LogP contribution in [0.5, 0.6) is 0 Å². The molecule has 1 aliphatic carbocycles. The smallest absolute Gasteiger partial charge is 0.270 e. The monoisotopic (exact) mass is 336 g/mol. The lowest BCUT2D eigenvalue weighted by molar-refractivity contribution is 0.0928. The van der Waals surface area contributed by atoms with Gasteiger partial charge < -0.3 is 5.32 Å². The van der Waals surface area contributed by atoms with Gasteiger partial charge in [0.05, 0.1) is 0 Å². The second kappa shape index (κ2) is 8.28. The van der Waals surface area contributed by atoms with Crippen molar-refractivity contribution in [3.8, 4) is 11.1 Å². The number of amides is 1. The Bertz CT molecular complexity index is 698. The number of nitrogens with zero attached hydrogens (tertiary/aromatic N) is 1. The second-order valence-corrected chi connectivity index (χ2v) is 7.37. The van der Waals surface area contributed by atoms with Gasteiger partial charge in [0.1, 0.15) is 5.69 Å². The first-order chi connectivity index (χ1) is 12.1. The van der Waals surface area contributed by atoms with E-state index in [4.69, 9.17) is 0 Å². The maximum absolute atomic E-state index is 12.6. The van der Waals surface area contributed by atoms with E-state index in [0.29, 0.717) is 17.7 Å². The van der Waals surface area contributed by atoms with Crippen LogP contribution in [0.25, 0.3) is 11.1 Å². The van der Waals surface area contributed by atoms with E-state index in [1.807, 2.05) is 12.1 Å². The maximum atomic E-state index is 12.6. The number of rotatable bonds is 4. The van der Waals surface area contributed by atoms with Crippen molar-refractivity contribution in [2.24, 2.45) is 0 Å². The van der Waals surface area contributed by atoms with E-state index in [-0.39, 0.29) is 5.91 Å². The van der Waals surface area contributed by atoms with Crippen molar-refractivity contribution in [1.82, 2.24) is 10.3 Å². The molecule has 0 aliphatic heterocycles. The van der Waals surface area contributed by atoms with Crippen LogP contribution in [0.15, 0.2) is 42.6 Å². The summed E-state index contributed by atoms with van der Waals surface area (Å²) in [7, 11) is 0. The lowest BCUT2D eigenvalue weighted by Gasteiger charge is -2.16. The van der Waals surface area contributed by atoms with Gasteiger partial charge >= 0.3 is 0 Å². The van der Waals surface area contributed by atoms with Gasteiger partial charge in [-0.15, -0.1) is 0 Å². The topological polar surface area (TPSA) is 42.0 Å². The van der Waals surface area contributed by atoms with E-state index >= 15 is 0 Å². The van der Waals surface area contributed by atoms with E-state index in [0.717, 1.165) is 24.0 Å². The highest BCUT2D eigenvalue weighted by Crippen LogP contribution is 2.23. The van der Waals surface area contributed by atoms with Gasteiger partial charge in [-0.1, -0.05) is 63.8 Å². The van der Waals surface area contributed by atoms with Gasteiger partial charge in [-0.2, -0.15) is 0 Å². The zero-order chi connectivity index (χ0) is 17.6. The van der Waals surface area contributed by atoms with E-state index in [1.165, 1.54) is 31.2 Å². The fourth-order valence-electron chi connectivity index (χ4n) is 3.48. The first kappa shape index (κ1) is 17.7. The molecule has 1 amide bonds. The van der Waals surface area contributed by atoms with Crippen molar-refractivity contribution >= 4 is 5.91 Å². The van der Waals surface area contributed by atoms with E-state index in [9.17, 15) is 4.79 Å². The van der Waals surface area contributed by atoms with E-state index < -0.39 is 0 Å². The summed E-state index contributed by atoms with van der Waals surface area (Å²) in [6.45, 7) is 4.38. The molecular weight excluding hydrogens is 308 g/mol. The third-order valence-electron chi connectivity index (χ3n) is 5.09. The van der Waals surface area contributed by atoms with Gasteiger partial charge in [0, 0.05) is 12.2 Å². The Labute approximate surface area is 150 Å². The zero-order valence-electron chi connectivity index (χ0n) is 15.3. The minimum absolute atomic E-state index is 0.0486. The van der Waals surface area contributed by atoms with Crippen molar-refractivity contribution in [2.45, 2.75) is 64.3 Å². The summed E-state index contributed by atoms with van der Waals surface area (Å²) in [6.07, 6.45) is 8.89. The highest BCUT2D eigenvalue weighted by molar-refractivity contribution is 5.93. The molecule has 0 radical (unpaired) electrons. The van der Waals surface area contributed by atoms with E-state index in [2.05, 4.69) is 48.4 Å². The average Bonchev–Trinajstić information content (AvgIpc) is 2.90. The number of aromatic nitrogens is 1. The van der Waals surface area contributed by atoms with Crippen LogP contribution in [0.1, 0.15) is 74.3 Å². The summed E-state index contributed by atoms with van der Waals surface area (Å²) < 4.78 is 0. The molecule has 1 aromatic carbocycles. The van der Waals surface area contributed by atoms with Gasteiger partial charge in [-0.05, 0) is 47.6 Å². The number of carbonyl (C=O) groups excluding carboxylic acids is 1. The Morgan fingerprint density at radius 2 is 1.68 bits per heavy atom. The summed E-state index contributed by atoms with van der Waals surface area (Å²) in [6, 6.07) is 12.7. The minimum Gasteiger partial charge on any atom is -0.348 e. The predicted octanol–water partition coefficient (Wildman–Crippen LogP) is 5.32. The Morgan fingerprint density at radius 3 is 2.32 bits per heavy atom. The second-order valence-electron chi connectivity index (χ2n) is 7.37. The van der Waals surface area contributed by atoms with Crippen molar-refractivity contribution in [1.29, 1.82) is 0 Å². The summed E-state index contributed by atoms with van der Waals surface area (Å²) in [4.78, 5) is 16.9. The van der Waals surface area contributed by atoms with Crippen LogP contribution in [-0.4, -0.2) is 16.9 Å². The number of hydrogen-bond acceptors (Lipinski definition) is 2. The highest BCUT2D eigenvalue weighted by Gasteiger charge is 2.17. The third-order valence-corrected chi connectivity index (χ3v) is 5.09. The molecule has 3 rings (SSSR count). The maximum Gasteiger partial charge on any atom is 0.270 e. The molecule has 0 bridgehead atoms.